The molecule has 4 nitrogen and oxygen atoms in total. The highest BCUT2D eigenvalue weighted by molar-refractivity contribution is 5.87. The average molecular weight is 227 g/mol. The van der Waals surface area contributed by atoms with Crippen LogP contribution >= 0.6 is 0 Å². The number of nitrogens with two attached hydrogens (primary N) is 1. The first kappa shape index (κ1) is 9.96. The minimum absolute atomic E-state index is 0.0134. The average Bonchev–Trinajstić information content (AvgIpc) is 2.33. The van der Waals surface area contributed by atoms with Crippen molar-refractivity contribution in [1.82, 2.24) is 0 Å². The molecule has 1 unspecified atom stereocenters. The van der Waals surface area contributed by atoms with Gasteiger partial charge in [-0.2, -0.15) is 0 Å². The lowest BCUT2D eigenvalue weighted by Crippen LogP contribution is -2.36. The Morgan fingerprint density at radius 3 is 3.18 bits per heavy atom. The zero-order valence-corrected chi connectivity index (χ0v) is 9.26. The molecule has 0 saturated heterocycles. The zero-order valence-electron chi connectivity index (χ0n) is 9.26. The summed E-state index contributed by atoms with van der Waals surface area (Å²) in [5.41, 5.74) is 8.60. The van der Waals surface area contributed by atoms with Crippen LogP contribution in [-0.4, -0.2) is 11.9 Å². The maximum absolute atomic E-state index is 11.1. The highest BCUT2D eigenvalue weighted by atomic mass is 16.1. The largest absolute Gasteiger partial charge is 0.370 e. The quantitative estimate of drug-likeness (QED) is 0.807. The van der Waals surface area contributed by atoms with Crippen LogP contribution in [0.1, 0.15) is 12.0 Å². The van der Waals surface area contributed by atoms with Crippen molar-refractivity contribution in [3.8, 4) is 0 Å². The summed E-state index contributed by atoms with van der Waals surface area (Å²) in [5.74, 6) is -0.285. The van der Waals surface area contributed by atoms with Crippen LogP contribution in [0, 0.1) is 0 Å². The Morgan fingerprint density at radius 2 is 2.35 bits per heavy atom. The van der Waals surface area contributed by atoms with E-state index in [4.69, 9.17) is 5.73 Å². The zero-order chi connectivity index (χ0) is 11.8. The minimum atomic E-state index is -0.285. The van der Waals surface area contributed by atoms with Gasteiger partial charge in [0.25, 0.3) is 0 Å². The fraction of sp³-hybridized carbons (Fsp3) is 0.154. The molecule has 1 aromatic carbocycles. The van der Waals surface area contributed by atoms with Gasteiger partial charge in [0.15, 0.2) is 0 Å². The van der Waals surface area contributed by atoms with Crippen molar-refractivity contribution in [2.45, 2.75) is 12.5 Å². The number of carbonyl (C=O) groups is 1. The van der Waals surface area contributed by atoms with Crippen LogP contribution in [0.4, 0.5) is 11.4 Å². The molecule has 86 valence electrons. The molecule has 0 saturated carbocycles. The van der Waals surface area contributed by atoms with Crippen molar-refractivity contribution >= 4 is 23.4 Å². The van der Waals surface area contributed by atoms with Gasteiger partial charge in [-0.05, 0) is 6.07 Å². The van der Waals surface area contributed by atoms with E-state index in [1.807, 2.05) is 36.7 Å². The lowest BCUT2D eigenvalue weighted by molar-refractivity contribution is -0.118. The molecule has 0 spiro atoms. The third kappa shape index (κ3) is 1.58. The Kier molecular flexibility index (Phi) is 2.14. The third-order valence-corrected chi connectivity index (χ3v) is 3.06. The molecule has 0 aliphatic carbocycles. The molecule has 0 fully saturated rings. The number of primary amides is 1. The van der Waals surface area contributed by atoms with Crippen molar-refractivity contribution in [2.24, 2.45) is 5.73 Å². The second-order valence-corrected chi connectivity index (χ2v) is 4.21. The van der Waals surface area contributed by atoms with E-state index in [-0.39, 0.29) is 11.9 Å². The predicted octanol–water partition coefficient (Wildman–Crippen LogP) is 1.66. The molecule has 1 amide bonds. The van der Waals surface area contributed by atoms with Gasteiger partial charge in [-0.15, -0.1) is 0 Å². The summed E-state index contributed by atoms with van der Waals surface area (Å²) < 4.78 is 0. The number of hydrogen-bond acceptors (Lipinski definition) is 3. The van der Waals surface area contributed by atoms with Crippen LogP contribution in [0.5, 0.6) is 0 Å². The van der Waals surface area contributed by atoms with Gasteiger partial charge in [-0.1, -0.05) is 24.3 Å². The number of carbonyl (C=O) groups excluding carboxylic acids is 1. The van der Waals surface area contributed by atoms with Crippen molar-refractivity contribution in [2.75, 3.05) is 10.2 Å². The lowest BCUT2D eigenvalue weighted by atomic mass is 9.99. The van der Waals surface area contributed by atoms with Gasteiger partial charge in [0.05, 0.1) is 23.8 Å². The molecule has 2 heterocycles. The first-order chi connectivity index (χ1) is 8.25. The number of benzene rings is 1. The summed E-state index contributed by atoms with van der Waals surface area (Å²) in [6.45, 7) is 0. The Balaban J connectivity index is 2.06. The van der Waals surface area contributed by atoms with E-state index in [2.05, 4.69) is 16.3 Å². The Bertz CT molecular complexity index is 533. The topological polar surface area (TPSA) is 58.4 Å². The summed E-state index contributed by atoms with van der Waals surface area (Å²) in [6, 6.07) is 6.11. The molecule has 0 aromatic heterocycles. The van der Waals surface area contributed by atoms with Crippen LogP contribution in [0.15, 0.2) is 36.7 Å². The van der Waals surface area contributed by atoms with Crippen LogP contribution in [0.2, 0.25) is 0 Å². The molecule has 1 atom stereocenters. The van der Waals surface area contributed by atoms with E-state index in [1.165, 1.54) is 0 Å². The standard InChI is InChI=1S/C13H13N3O/c14-12(17)8-10-5-4-9-2-1-3-11-13(9)16(10)7-6-15-11/h1-7,10,15H,8H2,(H2,14,17). The molecule has 1 aromatic rings. The summed E-state index contributed by atoms with van der Waals surface area (Å²) >= 11 is 0. The van der Waals surface area contributed by atoms with Crippen LogP contribution in [0.3, 0.4) is 0 Å². The second kappa shape index (κ2) is 3.66. The molecular weight excluding hydrogens is 214 g/mol. The molecule has 2 aliphatic rings. The molecular formula is C13H13N3O. The predicted molar refractivity (Wildman–Crippen MR) is 68.3 cm³/mol. The van der Waals surface area contributed by atoms with E-state index in [0.717, 1.165) is 16.9 Å². The maximum atomic E-state index is 11.1. The van der Waals surface area contributed by atoms with Crippen LogP contribution in [0.25, 0.3) is 6.08 Å². The Labute approximate surface area is 99.4 Å². The van der Waals surface area contributed by atoms with Gasteiger partial charge in [0.1, 0.15) is 0 Å². The number of hydrogen-bond donors (Lipinski definition) is 2. The lowest BCUT2D eigenvalue weighted by Gasteiger charge is -2.36. The van der Waals surface area contributed by atoms with Gasteiger partial charge in [-0.25, -0.2) is 0 Å². The van der Waals surface area contributed by atoms with Crippen molar-refractivity contribution < 1.29 is 4.79 Å². The Morgan fingerprint density at radius 1 is 1.47 bits per heavy atom. The molecule has 2 aliphatic heterocycles. The molecule has 4 heteroatoms. The van der Waals surface area contributed by atoms with Crippen molar-refractivity contribution in [1.29, 1.82) is 0 Å². The molecule has 0 radical (unpaired) electrons. The SMILES string of the molecule is NC(=O)CC1C=Cc2cccc3c2N1C=CN3. The number of anilines is 2. The fourth-order valence-electron chi connectivity index (χ4n) is 2.34. The first-order valence-corrected chi connectivity index (χ1v) is 5.57. The smallest absolute Gasteiger partial charge is 0.219 e. The highest BCUT2D eigenvalue weighted by Crippen LogP contribution is 2.38. The molecule has 17 heavy (non-hydrogen) atoms. The van der Waals surface area contributed by atoms with E-state index < -0.39 is 0 Å². The van der Waals surface area contributed by atoms with Gasteiger partial charge in [0.2, 0.25) is 5.91 Å². The maximum Gasteiger partial charge on any atom is 0.219 e. The van der Waals surface area contributed by atoms with Crippen LogP contribution < -0.4 is 16.0 Å². The van der Waals surface area contributed by atoms with Gasteiger partial charge in [0, 0.05) is 18.0 Å². The van der Waals surface area contributed by atoms with Crippen molar-refractivity contribution in [3.63, 3.8) is 0 Å². The number of amides is 1. The van der Waals surface area contributed by atoms with Crippen LogP contribution in [-0.2, 0) is 4.79 Å². The number of rotatable bonds is 2. The van der Waals surface area contributed by atoms with E-state index in [9.17, 15) is 4.79 Å². The normalized spacial score (nSPS) is 19.8. The monoisotopic (exact) mass is 227 g/mol. The summed E-state index contributed by atoms with van der Waals surface area (Å²) in [7, 11) is 0. The summed E-state index contributed by atoms with van der Waals surface area (Å²) in [5, 5.41) is 3.20. The van der Waals surface area contributed by atoms with Gasteiger partial charge < -0.3 is 16.0 Å². The number of para-hydroxylation sites is 1. The number of nitrogens with one attached hydrogen (secondary N) is 1. The molecule has 3 N–H and O–H groups in total. The van der Waals surface area contributed by atoms with E-state index in [0.29, 0.717) is 6.42 Å². The van der Waals surface area contributed by atoms with Gasteiger partial charge in [-0.3, -0.25) is 4.79 Å². The molecule has 3 rings (SSSR count). The Hall–Kier alpha value is -2.23. The van der Waals surface area contributed by atoms with E-state index >= 15 is 0 Å². The van der Waals surface area contributed by atoms with Gasteiger partial charge >= 0.3 is 0 Å². The molecule has 0 bridgehead atoms. The second-order valence-electron chi connectivity index (χ2n) is 4.21. The number of nitrogens with zero attached hydrogens (tertiary/aromatic N) is 1. The summed E-state index contributed by atoms with van der Waals surface area (Å²) in [4.78, 5) is 13.2. The van der Waals surface area contributed by atoms with Crippen molar-refractivity contribution in [3.05, 3.63) is 42.2 Å². The summed E-state index contributed by atoms with van der Waals surface area (Å²) in [6.07, 6.45) is 8.22. The fourth-order valence-corrected chi connectivity index (χ4v) is 2.34. The highest BCUT2D eigenvalue weighted by Gasteiger charge is 2.26. The third-order valence-electron chi connectivity index (χ3n) is 3.06. The minimum Gasteiger partial charge on any atom is -0.370 e. The van der Waals surface area contributed by atoms with E-state index in [1.54, 1.807) is 0 Å². The first-order valence-electron chi connectivity index (χ1n) is 5.57.